The quantitative estimate of drug-likeness (QED) is 0.805. The molecule has 2 rings (SSSR count). The number of carbonyl (C=O) groups excluding carboxylic acids is 1. The van der Waals surface area contributed by atoms with Crippen molar-refractivity contribution in [3.8, 4) is 0 Å². The maximum absolute atomic E-state index is 11.9. The molecule has 1 aromatic heterocycles. The van der Waals surface area contributed by atoms with Crippen LogP contribution in [0.4, 0.5) is 4.79 Å². The number of amides is 1. The Morgan fingerprint density at radius 1 is 1.57 bits per heavy atom. The number of alkyl halides is 1. The smallest absolute Gasteiger partial charge is 0.410 e. The molecule has 1 amide bonds. The van der Waals surface area contributed by atoms with Crippen molar-refractivity contribution < 1.29 is 14.6 Å². The van der Waals surface area contributed by atoms with Crippen LogP contribution in [0.3, 0.4) is 0 Å². The molecule has 0 unspecified atom stereocenters. The first-order valence-electron chi connectivity index (χ1n) is 6.57. The Morgan fingerprint density at radius 3 is 2.71 bits per heavy atom. The molecule has 5 nitrogen and oxygen atoms in total. The highest BCUT2D eigenvalue weighted by Crippen LogP contribution is 2.40. The summed E-state index contributed by atoms with van der Waals surface area (Å²) in [5, 5.41) is 9.43. The van der Waals surface area contributed by atoms with Crippen molar-refractivity contribution in [2.75, 3.05) is 13.1 Å². The Morgan fingerprint density at radius 2 is 2.19 bits per heavy atom. The summed E-state index contributed by atoms with van der Waals surface area (Å²) in [7, 11) is 0. The molecule has 1 N–H and O–H groups in total. The number of hydrogen-bond donors (Lipinski definition) is 1. The van der Waals surface area contributed by atoms with Gasteiger partial charge in [-0.1, -0.05) is 0 Å². The predicted molar refractivity (Wildman–Crippen MR) is 83.2 cm³/mol. The minimum atomic E-state index is -0.768. The summed E-state index contributed by atoms with van der Waals surface area (Å²) in [4.78, 5) is 17.0. The third-order valence-electron chi connectivity index (χ3n) is 3.06. The van der Waals surface area contributed by atoms with Gasteiger partial charge in [-0.3, -0.25) is 4.98 Å². The van der Waals surface area contributed by atoms with Crippen molar-refractivity contribution >= 4 is 33.6 Å². The van der Waals surface area contributed by atoms with Gasteiger partial charge in [0.2, 0.25) is 0 Å². The number of hydrogen-bond acceptors (Lipinski definition) is 4. The highest BCUT2D eigenvalue weighted by Gasteiger charge is 2.48. The summed E-state index contributed by atoms with van der Waals surface area (Å²) in [6, 6.07) is 1.78. The maximum atomic E-state index is 11.9. The van der Waals surface area contributed by atoms with Crippen LogP contribution in [0.1, 0.15) is 32.0 Å². The summed E-state index contributed by atoms with van der Waals surface area (Å²) < 4.78 is 6.07. The number of carbonyl (C=O) groups is 1. The van der Waals surface area contributed by atoms with E-state index in [4.69, 9.17) is 16.3 Å². The van der Waals surface area contributed by atoms with E-state index in [0.29, 0.717) is 24.3 Å². The van der Waals surface area contributed by atoms with Crippen molar-refractivity contribution in [3.63, 3.8) is 0 Å². The monoisotopic (exact) mass is 376 g/mol. The first-order valence-corrected chi connectivity index (χ1v) is 7.74. The SMILES string of the molecule is CC(C)(C)OC(=O)N1CC(Cl)(c2ncc(Br)cc2CO)C1. The number of ether oxygens (including phenoxy) is 1. The van der Waals surface area contributed by atoms with Crippen molar-refractivity contribution in [1.82, 2.24) is 9.88 Å². The molecule has 1 fully saturated rings. The lowest BCUT2D eigenvalue weighted by molar-refractivity contribution is 0.00254. The number of aliphatic hydroxyl groups excluding tert-OH is 1. The molecule has 0 aromatic carbocycles. The molecule has 0 bridgehead atoms. The maximum Gasteiger partial charge on any atom is 0.410 e. The highest BCUT2D eigenvalue weighted by molar-refractivity contribution is 9.10. The van der Waals surface area contributed by atoms with E-state index >= 15 is 0 Å². The minimum Gasteiger partial charge on any atom is -0.444 e. The summed E-state index contributed by atoms with van der Waals surface area (Å²) in [6.07, 6.45) is 1.25. The number of aliphatic hydroxyl groups is 1. The van der Waals surface area contributed by atoms with Gasteiger partial charge in [0, 0.05) is 16.2 Å². The Kier molecular flexibility index (Phi) is 4.52. The van der Waals surface area contributed by atoms with Gasteiger partial charge in [-0.15, -0.1) is 11.6 Å². The Balaban J connectivity index is 2.09. The molecule has 0 spiro atoms. The van der Waals surface area contributed by atoms with Crippen LogP contribution < -0.4 is 0 Å². The fourth-order valence-electron chi connectivity index (χ4n) is 2.17. The van der Waals surface area contributed by atoms with Crippen LogP contribution in [0.5, 0.6) is 0 Å². The zero-order chi connectivity index (χ0) is 15.8. The second kappa shape index (κ2) is 5.74. The zero-order valence-electron chi connectivity index (χ0n) is 12.2. The highest BCUT2D eigenvalue weighted by atomic mass is 79.9. The minimum absolute atomic E-state index is 0.150. The largest absolute Gasteiger partial charge is 0.444 e. The number of rotatable bonds is 2. The van der Waals surface area contributed by atoms with E-state index in [0.717, 1.165) is 4.47 Å². The summed E-state index contributed by atoms with van der Waals surface area (Å²) in [5.41, 5.74) is 0.728. The van der Waals surface area contributed by atoms with E-state index in [-0.39, 0.29) is 12.7 Å². The molecule has 21 heavy (non-hydrogen) atoms. The Labute approximate surface area is 137 Å². The number of halogens is 2. The predicted octanol–water partition coefficient (Wildman–Crippen LogP) is 3.02. The van der Waals surface area contributed by atoms with E-state index in [2.05, 4.69) is 20.9 Å². The van der Waals surface area contributed by atoms with Gasteiger partial charge in [0.05, 0.1) is 25.4 Å². The normalized spacial score (nSPS) is 17.3. The molecule has 0 radical (unpaired) electrons. The fraction of sp³-hybridized carbons (Fsp3) is 0.571. The third kappa shape index (κ3) is 3.67. The van der Waals surface area contributed by atoms with Gasteiger partial charge in [0.1, 0.15) is 10.5 Å². The standard InChI is InChI=1S/C14H18BrClN2O3/c1-13(2,3)21-12(20)18-7-14(16,8-18)11-9(6-19)4-10(15)5-17-11/h4-5,19H,6-8H2,1-3H3. The van der Waals surface area contributed by atoms with Crippen LogP contribution in [-0.2, 0) is 16.2 Å². The van der Waals surface area contributed by atoms with E-state index in [1.54, 1.807) is 12.3 Å². The van der Waals surface area contributed by atoms with Gasteiger partial charge in [0.25, 0.3) is 0 Å². The van der Waals surface area contributed by atoms with E-state index in [1.165, 1.54) is 4.90 Å². The summed E-state index contributed by atoms with van der Waals surface area (Å²) >= 11 is 9.85. The first-order chi connectivity index (χ1) is 9.64. The van der Waals surface area contributed by atoms with Crippen LogP contribution >= 0.6 is 27.5 Å². The average molecular weight is 378 g/mol. The molecule has 1 aliphatic heterocycles. The lowest BCUT2D eigenvalue weighted by atomic mass is 9.92. The molecular weight excluding hydrogens is 360 g/mol. The molecule has 7 heteroatoms. The van der Waals surface area contributed by atoms with Gasteiger partial charge in [-0.25, -0.2) is 4.79 Å². The molecule has 1 saturated heterocycles. The van der Waals surface area contributed by atoms with Crippen LogP contribution in [0.2, 0.25) is 0 Å². The zero-order valence-corrected chi connectivity index (χ0v) is 14.5. The molecule has 1 aliphatic rings. The topological polar surface area (TPSA) is 62.7 Å². The van der Waals surface area contributed by atoms with Gasteiger partial charge in [-0.2, -0.15) is 0 Å². The van der Waals surface area contributed by atoms with Crippen LogP contribution in [0.25, 0.3) is 0 Å². The number of likely N-dealkylation sites (tertiary alicyclic amines) is 1. The van der Waals surface area contributed by atoms with Gasteiger partial charge in [0.15, 0.2) is 0 Å². The fourth-order valence-corrected chi connectivity index (χ4v) is 3.01. The number of aromatic nitrogens is 1. The molecule has 2 heterocycles. The second-order valence-corrected chi connectivity index (χ2v) is 7.76. The number of nitrogens with zero attached hydrogens (tertiary/aromatic N) is 2. The van der Waals surface area contributed by atoms with Crippen LogP contribution in [0.15, 0.2) is 16.7 Å². The molecule has 0 saturated carbocycles. The summed E-state index contributed by atoms with van der Waals surface area (Å²) in [5.74, 6) is 0. The van der Waals surface area contributed by atoms with Crippen molar-refractivity contribution in [3.05, 3.63) is 28.0 Å². The molecular formula is C14H18BrClN2O3. The molecule has 0 atom stereocenters. The summed E-state index contributed by atoms with van der Waals surface area (Å²) in [6.45, 7) is 5.93. The van der Waals surface area contributed by atoms with Gasteiger partial charge >= 0.3 is 6.09 Å². The van der Waals surface area contributed by atoms with Crippen LogP contribution in [-0.4, -0.2) is 39.8 Å². The van der Waals surface area contributed by atoms with Gasteiger partial charge in [-0.05, 0) is 42.8 Å². The Bertz CT molecular complexity index is 554. The third-order valence-corrected chi connectivity index (χ3v) is 3.91. The first kappa shape index (κ1) is 16.5. The lowest BCUT2D eigenvalue weighted by Crippen LogP contribution is -2.59. The molecule has 1 aromatic rings. The van der Waals surface area contributed by atoms with Crippen molar-refractivity contribution in [1.29, 1.82) is 0 Å². The Hall–Kier alpha value is -0.850. The van der Waals surface area contributed by atoms with E-state index < -0.39 is 10.5 Å². The number of pyridine rings is 1. The lowest BCUT2D eigenvalue weighted by Gasteiger charge is -2.45. The van der Waals surface area contributed by atoms with Gasteiger partial charge < -0.3 is 14.7 Å². The molecule has 116 valence electrons. The average Bonchev–Trinajstić information content (AvgIpc) is 2.32. The van der Waals surface area contributed by atoms with Crippen molar-refractivity contribution in [2.24, 2.45) is 0 Å². The van der Waals surface area contributed by atoms with Crippen LogP contribution in [0, 0.1) is 0 Å². The van der Waals surface area contributed by atoms with Crippen molar-refractivity contribution in [2.45, 2.75) is 37.9 Å². The van der Waals surface area contributed by atoms with E-state index in [9.17, 15) is 9.90 Å². The second-order valence-electron chi connectivity index (χ2n) is 6.12. The van der Waals surface area contributed by atoms with E-state index in [1.807, 2.05) is 20.8 Å². The molecule has 0 aliphatic carbocycles.